The van der Waals surface area contributed by atoms with Gasteiger partial charge in [0.2, 0.25) is 5.91 Å². The highest BCUT2D eigenvalue weighted by Crippen LogP contribution is 2.24. The van der Waals surface area contributed by atoms with Gasteiger partial charge in [-0.25, -0.2) is 4.63 Å². The SMILES string of the molecule is O=C(CCC1CCN(Cc2cccc3nonc23)CC1)NCC1CCCO1. The van der Waals surface area contributed by atoms with Gasteiger partial charge in [0.1, 0.15) is 11.0 Å². The lowest BCUT2D eigenvalue weighted by molar-refractivity contribution is -0.122. The average molecular weight is 372 g/mol. The number of amides is 1. The summed E-state index contributed by atoms with van der Waals surface area (Å²) in [6, 6.07) is 6.02. The summed E-state index contributed by atoms with van der Waals surface area (Å²) >= 11 is 0. The van der Waals surface area contributed by atoms with E-state index in [-0.39, 0.29) is 12.0 Å². The minimum atomic E-state index is 0.165. The molecule has 2 aliphatic rings. The molecule has 27 heavy (non-hydrogen) atoms. The molecule has 1 aromatic carbocycles. The van der Waals surface area contributed by atoms with Crippen LogP contribution in [0.3, 0.4) is 0 Å². The first-order chi connectivity index (χ1) is 13.3. The van der Waals surface area contributed by atoms with E-state index >= 15 is 0 Å². The van der Waals surface area contributed by atoms with Crippen molar-refractivity contribution in [3.8, 4) is 0 Å². The van der Waals surface area contributed by atoms with Gasteiger partial charge in [-0.2, -0.15) is 0 Å². The van der Waals surface area contributed by atoms with Gasteiger partial charge in [0.25, 0.3) is 0 Å². The van der Waals surface area contributed by atoms with E-state index in [0.717, 1.165) is 69.4 Å². The summed E-state index contributed by atoms with van der Waals surface area (Å²) < 4.78 is 10.4. The smallest absolute Gasteiger partial charge is 0.220 e. The maximum Gasteiger partial charge on any atom is 0.220 e. The second kappa shape index (κ2) is 8.80. The van der Waals surface area contributed by atoms with E-state index in [4.69, 9.17) is 9.37 Å². The Labute approximate surface area is 159 Å². The van der Waals surface area contributed by atoms with Crippen LogP contribution in [0.4, 0.5) is 0 Å². The Morgan fingerprint density at radius 3 is 2.93 bits per heavy atom. The lowest BCUT2D eigenvalue weighted by Gasteiger charge is -2.31. The molecule has 7 heteroatoms. The summed E-state index contributed by atoms with van der Waals surface area (Å²) in [7, 11) is 0. The normalized spacial score (nSPS) is 21.7. The predicted octanol–water partition coefficient (Wildman–Crippen LogP) is 2.51. The molecule has 2 fully saturated rings. The Balaban J connectivity index is 1.17. The fraction of sp³-hybridized carbons (Fsp3) is 0.650. The first-order valence-corrected chi connectivity index (χ1v) is 10.1. The Morgan fingerprint density at radius 2 is 2.11 bits per heavy atom. The van der Waals surface area contributed by atoms with Crippen LogP contribution in [-0.4, -0.2) is 53.5 Å². The summed E-state index contributed by atoms with van der Waals surface area (Å²) in [5.41, 5.74) is 2.85. The van der Waals surface area contributed by atoms with Gasteiger partial charge in [-0.3, -0.25) is 9.69 Å². The van der Waals surface area contributed by atoms with E-state index in [1.807, 2.05) is 12.1 Å². The third-order valence-corrected chi connectivity index (χ3v) is 5.80. The number of fused-ring (bicyclic) bond motifs is 1. The van der Waals surface area contributed by atoms with Crippen molar-refractivity contribution in [3.05, 3.63) is 23.8 Å². The molecule has 1 N–H and O–H groups in total. The number of ether oxygens (including phenoxy) is 1. The Bertz CT molecular complexity index is 749. The van der Waals surface area contributed by atoms with Crippen LogP contribution in [0.1, 0.15) is 44.1 Å². The fourth-order valence-electron chi connectivity index (χ4n) is 4.12. The molecule has 2 aromatic rings. The maximum absolute atomic E-state index is 12.0. The second-order valence-electron chi connectivity index (χ2n) is 7.75. The number of rotatable bonds is 7. The number of nitrogens with zero attached hydrogens (tertiary/aromatic N) is 3. The lowest BCUT2D eigenvalue weighted by Crippen LogP contribution is -2.34. The van der Waals surface area contributed by atoms with Crippen LogP contribution >= 0.6 is 0 Å². The van der Waals surface area contributed by atoms with Gasteiger partial charge in [-0.05, 0) is 73.1 Å². The molecule has 7 nitrogen and oxygen atoms in total. The van der Waals surface area contributed by atoms with Crippen molar-refractivity contribution < 1.29 is 14.2 Å². The number of hydrogen-bond donors (Lipinski definition) is 1. The standard InChI is InChI=1S/C20H28N4O3/c25-19(21-13-17-4-2-12-26-17)7-6-15-8-10-24(11-9-15)14-16-3-1-5-18-20(16)23-27-22-18/h1,3,5,15,17H,2,4,6-14H2,(H,21,25). The summed E-state index contributed by atoms with van der Waals surface area (Å²) in [6.45, 7) is 4.49. The zero-order valence-electron chi connectivity index (χ0n) is 15.7. The van der Waals surface area contributed by atoms with Crippen molar-refractivity contribution in [1.29, 1.82) is 0 Å². The molecule has 1 unspecified atom stereocenters. The second-order valence-corrected chi connectivity index (χ2v) is 7.75. The first-order valence-electron chi connectivity index (χ1n) is 10.1. The number of hydrogen-bond acceptors (Lipinski definition) is 6. The molecule has 1 amide bonds. The Hall–Kier alpha value is -1.99. The van der Waals surface area contributed by atoms with Crippen LogP contribution < -0.4 is 5.32 Å². The number of benzene rings is 1. The Morgan fingerprint density at radius 1 is 1.22 bits per heavy atom. The number of likely N-dealkylation sites (tertiary alicyclic amines) is 1. The monoisotopic (exact) mass is 372 g/mol. The highest BCUT2D eigenvalue weighted by atomic mass is 16.6. The van der Waals surface area contributed by atoms with E-state index in [0.29, 0.717) is 18.9 Å². The van der Waals surface area contributed by atoms with Crippen LogP contribution in [-0.2, 0) is 16.1 Å². The van der Waals surface area contributed by atoms with E-state index in [1.165, 1.54) is 5.56 Å². The van der Waals surface area contributed by atoms with Crippen molar-refractivity contribution in [3.63, 3.8) is 0 Å². The van der Waals surface area contributed by atoms with Gasteiger partial charge in [0.15, 0.2) is 0 Å². The van der Waals surface area contributed by atoms with Crippen LogP contribution in [0.5, 0.6) is 0 Å². The largest absolute Gasteiger partial charge is 0.376 e. The van der Waals surface area contributed by atoms with Crippen LogP contribution in [0.15, 0.2) is 22.8 Å². The average Bonchev–Trinajstić information content (AvgIpc) is 3.38. The lowest BCUT2D eigenvalue weighted by atomic mass is 9.92. The molecule has 4 rings (SSSR count). The van der Waals surface area contributed by atoms with Crippen LogP contribution in [0.2, 0.25) is 0 Å². The van der Waals surface area contributed by atoms with Gasteiger partial charge in [0, 0.05) is 26.1 Å². The third-order valence-electron chi connectivity index (χ3n) is 5.80. The number of carbonyl (C=O) groups excluding carboxylic acids is 1. The van der Waals surface area contributed by atoms with Gasteiger partial charge in [-0.1, -0.05) is 12.1 Å². The highest BCUT2D eigenvalue weighted by Gasteiger charge is 2.21. The van der Waals surface area contributed by atoms with Gasteiger partial charge in [-0.15, -0.1) is 0 Å². The number of nitrogens with one attached hydrogen (secondary N) is 1. The minimum absolute atomic E-state index is 0.165. The topological polar surface area (TPSA) is 80.5 Å². The molecule has 0 bridgehead atoms. The van der Waals surface area contributed by atoms with Crippen LogP contribution in [0, 0.1) is 5.92 Å². The zero-order valence-corrected chi connectivity index (χ0v) is 15.7. The van der Waals surface area contributed by atoms with Crippen molar-refractivity contribution in [2.24, 2.45) is 5.92 Å². The summed E-state index contributed by atoms with van der Waals surface area (Å²) in [5.74, 6) is 0.803. The number of aromatic nitrogens is 2. The van der Waals surface area contributed by atoms with Crippen molar-refractivity contribution >= 4 is 16.9 Å². The first kappa shape index (κ1) is 18.4. The van der Waals surface area contributed by atoms with Crippen molar-refractivity contribution in [2.45, 2.75) is 51.2 Å². The Kier molecular flexibility index (Phi) is 5.99. The van der Waals surface area contributed by atoms with E-state index in [1.54, 1.807) is 0 Å². The third kappa shape index (κ3) is 4.84. The van der Waals surface area contributed by atoms with E-state index < -0.39 is 0 Å². The predicted molar refractivity (Wildman–Crippen MR) is 101 cm³/mol. The molecular weight excluding hydrogens is 344 g/mol. The minimum Gasteiger partial charge on any atom is -0.376 e. The quantitative estimate of drug-likeness (QED) is 0.804. The molecule has 0 saturated carbocycles. The van der Waals surface area contributed by atoms with Crippen molar-refractivity contribution in [2.75, 3.05) is 26.2 Å². The molecule has 0 radical (unpaired) electrons. The number of carbonyl (C=O) groups is 1. The molecule has 2 saturated heterocycles. The molecule has 0 aliphatic carbocycles. The molecule has 1 aromatic heterocycles. The summed E-state index contributed by atoms with van der Waals surface area (Å²) in [5, 5.41) is 11.0. The molecule has 0 spiro atoms. The summed E-state index contributed by atoms with van der Waals surface area (Å²) in [4.78, 5) is 14.5. The van der Waals surface area contributed by atoms with Gasteiger partial charge in [0.05, 0.1) is 6.10 Å². The van der Waals surface area contributed by atoms with Crippen LogP contribution in [0.25, 0.3) is 11.0 Å². The van der Waals surface area contributed by atoms with Gasteiger partial charge >= 0.3 is 0 Å². The summed E-state index contributed by atoms with van der Waals surface area (Å²) in [6.07, 6.45) is 6.30. The van der Waals surface area contributed by atoms with E-state index in [2.05, 4.69) is 26.6 Å². The highest BCUT2D eigenvalue weighted by molar-refractivity contribution is 5.76. The van der Waals surface area contributed by atoms with Gasteiger partial charge < -0.3 is 10.1 Å². The maximum atomic E-state index is 12.0. The fourth-order valence-corrected chi connectivity index (χ4v) is 4.12. The zero-order chi connectivity index (χ0) is 18.5. The van der Waals surface area contributed by atoms with E-state index in [9.17, 15) is 4.79 Å². The number of piperidine rings is 1. The molecule has 146 valence electrons. The molecule has 1 atom stereocenters. The molecular formula is C20H28N4O3. The van der Waals surface area contributed by atoms with Crippen molar-refractivity contribution in [1.82, 2.24) is 20.5 Å². The molecule has 3 heterocycles. The molecule has 2 aliphatic heterocycles.